The summed E-state index contributed by atoms with van der Waals surface area (Å²) in [6.45, 7) is 1.54. The number of carbonyl (C=O) groups excluding carboxylic acids is 1. The van der Waals surface area contributed by atoms with Crippen LogP contribution in [0.2, 0.25) is 0 Å². The summed E-state index contributed by atoms with van der Waals surface area (Å²) >= 11 is 0. The van der Waals surface area contributed by atoms with Gasteiger partial charge in [0.2, 0.25) is 10.0 Å². The van der Waals surface area contributed by atoms with Crippen LogP contribution in [-0.2, 0) is 19.9 Å². The van der Waals surface area contributed by atoms with Gasteiger partial charge in [-0.15, -0.1) is 0 Å². The number of nitrogens with two attached hydrogens (primary N) is 1. The third kappa shape index (κ3) is 4.91. The van der Waals surface area contributed by atoms with Crippen LogP contribution in [0.15, 0.2) is 29.2 Å². The van der Waals surface area contributed by atoms with Gasteiger partial charge >= 0.3 is 0 Å². The van der Waals surface area contributed by atoms with Crippen molar-refractivity contribution in [3.05, 3.63) is 29.8 Å². The van der Waals surface area contributed by atoms with Crippen molar-refractivity contribution in [3.8, 4) is 0 Å². The lowest BCUT2D eigenvalue weighted by atomic mass is 10.2. The second-order valence-electron chi connectivity index (χ2n) is 4.06. The maximum atomic E-state index is 11.7. The third-order valence-electron chi connectivity index (χ3n) is 2.58. The summed E-state index contributed by atoms with van der Waals surface area (Å²) < 4.78 is 44.6. The first-order chi connectivity index (χ1) is 9.15. The lowest BCUT2D eigenvalue weighted by molar-refractivity contribution is 0.0956. The number of benzene rings is 1. The second-order valence-corrected chi connectivity index (χ2v) is 8.10. The lowest BCUT2D eigenvalue weighted by Gasteiger charge is -2.06. The number of rotatable bonds is 6. The molecule has 0 bridgehead atoms. The standard InChI is InChI=1S/C11H16N2O5S2/c1-2-19(15,16)8-7-13-11(14)9-3-5-10(6-4-9)20(12,17)18/h3-6H,2,7-8H2,1H3,(H,13,14)(H2,12,17,18). The summed E-state index contributed by atoms with van der Waals surface area (Å²) in [6.07, 6.45) is 0. The molecule has 112 valence electrons. The van der Waals surface area contributed by atoms with Crippen molar-refractivity contribution in [2.45, 2.75) is 11.8 Å². The SMILES string of the molecule is CCS(=O)(=O)CCNC(=O)c1ccc(S(N)(=O)=O)cc1. The summed E-state index contributed by atoms with van der Waals surface area (Å²) in [5.74, 6) is -0.589. The maximum Gasteiger partial charge on any atom is 0.251 e. The topological polar surface area (TPSA) is 123 Å². The fraction of sp³-hybridized carbons (Fsp3) is 0.364. The highest BCUT2D eigenvalue weighted by molar-refractivity contribution is 7.91. The molecule has 0 saturated heterocycles. The van der Waals surface area contributed by atoms with E-state index in [1.807, 2.05) is 0 Å². The van der Waals surface area contributed by atoms with Crippen LogP contribution >= 0.6 is 0 Å². The van der Waals surface area contributed by atoms with Gasteiger partial charge in [-0.2, -0.15) is 0 Å². The molecule has 0 heterocycles. The largest absolute Gasteiger partial charge is 0.351 e. The molecule has 7 nitrogen and oxygen atoms in total. The smallest absolute Gasteiger partial charge is 0.251 e. The van der Waals surface area contributed by atoms with E-state index in [0.29, 0.717) is 0 Å². The number of carbonyl (C=O) groups is 1. The first-order valence-corrected chi connectivity index (χ1v) is 9.14. The minimum atomic E-state index is -3.80. The molecule has 1 amide bonds. The van der Waals surface area contributed by atoms with Gasteiger partial charge in [0.1, 0.15) is 0 Å². The normalized spacial score (nSPS) is 12.1. The molecule has 0 aliphatic rings. The van der Waals surface area contributed by atoms with E-state index in [-0.39, 0.29) is 28.5 Å². The Morgan fingerprint density at radius 2 is 1.70 bits per heavy atom. The minimum Gasteiger partial charge on any atom is -0.351 e. The molecule has 1 aromatic carbocycles. The number of sulfone groups is 1. The Morgan fingerprint density at radius 3 is 2.15 bits per heavy atom. The molecule has 3 N–H and O–H groups in total. The zero-order valence-corrected chi connectivity index (χ0v) is 12.5. The highest BCUT2D eigenvalue weighted by Gasteiger charge is 2.11. The number of hydrogen-bond donors (Lipinski definition) is 2. The van der Waals surface area contributed by atoms with Crippen LogP contribution in [-0.4, -0.2) is 40.8 Å². The van der Waals surface area contributed by atoms with E-state index in [0.717, 1.165) is 0 Å². The van der Waals surface area contributed by atoms with Gasteiger partial charge in [-0.1, -0.05) is 6.92 Å². The van der Waals surface area contributed by atoms with Gasteiger partial charge < -0.3 is 5.32 Å². The van der Waals surface area contributed by atoms with Crippen molar-refractivity contribution in [3.63, 3.8) is 0 Å². The third-order valence-corrected chi connectivity index (χ3v) is 5.22. The molecule has 1 rings (SSSR count). The highest BCUT2D eigenvalue weighted by atomic mass is 32.2. The van der Waals surface area contributed by atoms with E-state index in [9.17, 15) is 21.6 Å². The molecule has 1 aromatic rings. The molecular formula is C11H16N2O5S2. The Labute approximate surface area is 118 Å². The van der Waals surface area contributed by atoms with E-state index in [2.05, 4.69) is 5.32 Å². The van der Waals surface area contributed by atoms with Crippen LogP contribution in [0.1, 0.15) is 17.3 Å². The maximum absolute atomic E-state index is 11.7. The number of primary sulfonamides is 1. The van der Waals surface area contributed by atoms with Crippen LogP contribution < -0.4 is 10.5 Å². The van der Waals surface area contributed by atoms with Crippen LogP contribution in [0.3, 0.4) is 0 Å². The van der Waals surface area contributed by atoms with Crippen molar-refractivity contribution < 1.29 is 21.6 Å². The molecule has 0 radical (unpaired) electrons. The Bertz CT molecular complexity index is 678. The predicted molar refractivity (Wildman–Crippen MR) is 74.5 cm³/mol. The molecule has 20 heavy (non-hydrogen) atoms. The summed E-state index contributed by atoms with van der Waals surface area (Å²) in [5, 5.41) is 7.38. The highest BCUT2D eigenvalue weighted by Crippen LogP contribution is 2.08. The lowest BCUT2D eigenvalue weighted by Crippen LogP contribution is -2.29. The monoisotopic (exact) mass is 320 g/mol. The van der Waals surface area contributed by atoms with Crippen molar-refractivity contribution in [1.29, 1.82) is 0 Å². The average molecular weight is 320 g/mol. The van der Waals surface area contributed by atoms with Crippen LogP contribution in [0, 0.1) is 0 Å². The fourth-order valence-electron chi connectivity index (χ4n) is 1.36. The van der Waals surface area contributed by atoms with E-state index in [1.54, 1.807) is 0 Å². The molecule has 0 aliphatic heterocycles. The van der Waals surface area contributed by atoms with Gasteiger partial charge in [0, 0.05) is 17.9 Å². The molecule has 0 unspecified atom stereocenters. The predicted octanol–water partition coefficient (Wildman–Crippen LogP) is -0.501. The first-order valence-electron chi connectivity index (χ1n) is 5.77. The Balaban J connectivity index is 2.66. The summed E-state index contributed by atoms with van der Waals surface area (Å²) in [5.41, 5.74) is 0.228. The summed E-state index contributed by atoms with van der Waals surface area (Å²) in [7, 11) is -6.93. The second kappa shape index (κ2) is 6.33. The van der Waals surface area contributed by atoms with Crippen molar-refractivity contribution in [2.75, 3.05) is 18.1 Å². The summed E-state index contributed by atoms with van der Waals surface area (Å²) in [4.78, 5) is 11.6. The first kappa shape index (κ1) is 16.6. The van der Waals surface area contributed by atoms with Gasteiger partial charge in [-0.05, 0) is 24.3 Å². The van der Waals surface area contributed by atoms with Crippen molar-refractivity contribution in [2.24, 2.45) is 5.14 Å². The molecule has 9 heteroatoms. The van der Waals surface area contributed by atoms with E-state index in [1.165, 1.54) is 31.2 Å². The molecule has 0 spiro atoms. The zero-order chi connectivity index (χ0) is 15.4. The average Bonchev–Trinajstić information content (AvgIpc) is 2.37. The number of sulfonamides is 1. The molecular weight excluding hydrogens is 304 g/mol. The summed E-state index contributed by atoms with van der Waals surface area (Å²) in [6, 6.07) is 5.05. The van der Waals surface area contributed by atoms with Crippen LogP contribution in [0.4, 0.5) is 0 Å². The molecule has 0 atom stereocenters. The Hall–Kier alpha value is -1.45. The van der Waals surface area contributed by atoms with Gasteiger partial charge in [0.05, 0.1) is 10.6 Å². The molecule has 0 aliphatic carbocycles. The molecule has 0 aromatic heterocycles. The van der Waals surface area contributed by atoms with Gasteiger partial charge in [-0.3, -0.25) is 4.79 Å². The van der Waals surface area contributed by atoms with E-state index < -0.39 is 25.8 Å². The minimum absolute atomic E-state index is 0.00590. The van der Waals surface area contributed by atoms with E-state index >= 15 is 0 Å². The van der Waals surface area contributed by atoms with Crippen LogP contribution in [0.25, 0.3) is 0 Å². The zero-order valence-electron chi connectivity index (χ0n) is 10.9. The molecule has 0 fully saturated rings. The van der Waals surface area contributed by atoms with Gasteiger partial charge in [0.25, 0.3) is 5.91 Å². The fourth-order valence-corrected chi connectivity index (χ4v) is 2.58. The Morgan fingerprint density at radius 1 is 1.15 bits per heavy atom. The van der Waals surface area contributed by atoms with E-state index in [4.69, 9.17) is 5.14 Å². The Kier molecular flexibility index (Phi) is 5.26. The number of nitrogens with one attached hydrogen (secondary N) is 1. The van der Waals surface area contributed by atoms with Crippen molar-refractivity contribution >= 4 is 25.8 Å². The van der Waals surface area contributed by atoms with Gasteiger partial charge in [0.15, 0.2) is 9.84 Å². The van der Waals surface area contributed by atoms with Crippen molar-refractivity contribution in [1.82, 2.24) is 5.32 Å². The number of hydrogen-bond acceptors (Lipinski definition) is 5. The molecule has 0 saturated carbocycles. The van der Waals surface area contributed by atoms with Gasteiger partial charge in [-0.25, -0.2) is 22.0 Å². The number of amides is 1. The quantitative estimate of drug-likeness (QED) is 0.731. The van der Waals surface area contributed by atoms with Crippen LogP contribution in [0.5, 0.6) is 0 Å².